The topological polar surface area (TPSA) is 100 Å². The van der Waals surface area contributed by atoms with E-state index in [0.29, 0.717) is 11.5 Å². The Hall–Kier alpha value is -4.11. The molecule has 1 heterocycles. The van der Waals surface area contributed by atoms with Crippen LogP contribution < -0.4 is 15.4 Å². The number of aromatic hydroxyl groups is 1. The molecule has 4 rings (SSSR count). The normalized spacial score (nSPS) is 11.0. The maximum Gasteiger partial charge on any atom is 0.242 e. The number of benzene rings is 3. The Kier molecular flexibility index (Phi) is 7.56. The highest BCUT2D eigenvalue weighted by Crippen LogP contribution is 2.24. The number of phenolic OH excluding ortho intramolecular Hbond substituents is 1. The molecule has 0 atom stereocenters. The molecule has 0 fully saturated rings. The van der Waals surface area contributed by atoms with Crippen LogP contribution in [0.2, 0.25) is 0 Å². The van der Waals surface area contributed by atoms with E-state index in [1.807, 2.05) is 55.6 Å². The number of nitrogens with one attached hydrogen (secondary N) is 3. The van der Waals surface area contributed by atoms with Crippen molar-refractivity contribution in [3.63, 3.8) is 0 Å². The van der Waals surface area contributed by atoms with E-state index in [0.717, 1.165) is 41.2 Å². The van der Waals surface area contributed by atoms with Gasteiger partial charge in [-0.15, -0.1) is 0 Å². The number of rotatable bonds is 10. The van der Waals surface area contributed by atoms with Gasteiger partial charge in [0.25, 0.3) is 0 Å². The molecule has 0 radical (unpaired) electrons. The van der Waals surface area contributed by atoms with Crippen molar-refractivity contribution >= 4 is 29.7 Å². The summed E-state index contributed by atoms with van der Waals surface area (Å²) in [6.45, 7) is 0.315. The number of phenols is 1. The predicted octanol–water partition coefficient (Wildman–Crippen LogP) is 5.17. The lowest BCUT2D eigenvalue weighted by Crippen LogP contribution is -2.10. The van der Waals surface area contributed by atoms with Gasteiger partial charge in [-0.25, -0.2) is 4.68 Å². The van der Waals surface area contributed by atoms with Gasteiger partial charge in [-0.05, 0) is 84.7 Å². The Morgan fingerprint density at radius 2 is 1.97 bits per heavy atom. The molecule has 0 bridgehead atoms. The number of anilines is 2. The van der Waals surface area contributed by atoms with Crippen molar-refractivity contribution in [1.82, 2.24) is 20.2 Å². The summed E-state index contributed by atoms with van der Waals surface area (Å²) in [5.74, 6) is 1.06. The maximum atomic E-state index is 9.39. The number of hydrogen-bond acceptors (Lipinski definition) is 7. The number of allylic oxidation sites excluding steroid dienone is 1. The molecule has 0 spiro atoms. The van der Waals surface area contributed by atoms with E-state index >= 15 is 0 Å². The summed E-state index contributed by atoms with van der Waals surface area (Å²) < 4.78 is 7.94. The quantitative estimate of drug-likeness (QED) is 0.186. The second-order valence-electron chi connectivity index (χ2n) is 7.54. The summed E-state index contributed by atoms with van der Waals surface area (Å²) in [6.07, 6.45) is 5.95. The predicted molar refractivity (Wildman–Crippen MR) is 137 cm³/mol. The number of aromatic nitrogens is 4. The number of tetrazole rings is 1. The number of ether oxygens (including phenoxy) is 1. The van der Waals surface area contributed by atoms with Crippen LogP contribution in [0.25, 0.3) is 11.8 Å². The van der Waals surface area contributed by atoms with E-state index in [2.05, 4.69) is 44.4 Å². The van der Waals surface area contributed by atoms with Crippen LogP contribution in [0.4, 0.5) is 11.4 Å². The van der Waals surface area contributed by atoms with Crippen molar-refractivity contribution in [2.45, 2.75) is 12.8 Å². The third-order valence-corrected chi connectivity index (χ3v) is 5.49. The third-order valence-electron chi connectivity index (χ3n) is 5.22. The molecule has 0 aliphatic heterocycles. The molecule has 8 nitrogen and oxygen atoms in total. The van der Waals surface area contributed by atoms with Gasteiger partial charge in [-0.2, -0.15) is 5.21 Å². The smallest absolute Gasteiger partial charge is 0.242 e. The number of hydrogen-bond donors (Lipinski definition) is 4. The molecule has 4 N–H and O–H groups in total. The first-order valence-corrected chi connectivity index (χ1v) is 11.3. The maximum absolute atomic E-state index is 9.39. The zero-order valence-corrected chi connectivity index (χ0v) is 19.5. The van der Waals surface area contributed by atoms with Crippen LogP contribution in [0.15, 0.2) is 72.8 Å². The van der Waals surface area contributed by atoms with Crippen LogP contribution >= 0.6 is 12.2 Å². The number of aromatic amines is 1. The molecular formula is C25H26N6O2S. The number of nitrogens with zero attached hydrogens (tertiary/aromatic N) is 3. The highest BCUT2D eigenvalue weighted by molar-refractivity contribution is 7.71. The monoisotopic (exact) mass is 474 g/mol. The van der Waals surface area contributed by atoms with Crippen LogP contribution in [0, 0.1) is 4.77 Å². The molecule has 9 heteroatoms. The van der Waals surface area contributed by atoms with Crippen molar-refractivity contribution in [3.05, 3.63) is 88.7 Å². The molecule has 0 aliphatic carbocycles. The molecule has 4 aromatic rings. The summed E-state index contributed by atoms with van der Waals surface area (Å²) >= 11 is 5.16. The summed E-state index contributed by atoms with van der Waals surface area (Å²) in [5.41, 5.74) is 5.04. The molecule has 174 valence electrons. The van der Waals surface area contributed by atoms with Crippen LogP contribution in [-0.2, 0) is 6.42 Å². The minimum absolute atomic E-state index is 0.273. The molecule has 0 saturated carbocycles. The average Bonchev–Trinajstić information content (AvgIpc) is 3.29. The summed E-state index contributed by atoms with van der Waals surface area (Å²) in [7, 11) is 1.92. The molecule has 3 aromatic carbocycles. The highest BCUT2D eigenvalue weighted by atomic mass is 32.1. The van der Waals surface area contributed by atoms with Gasteiger partial charge in [0.05, 0.1) is 5.69 Å². The first kappa shape index (κ1) is 23.1. The standard InChI is InChI=1S/C25H26N6O2S/c1-26-24-14-13-23(15-19(24)6-3-2-5-18-9-11-22(32)12-10-18)33-17-27-20-7-4-8-21(16-20)31-25(34)28-29-30-31/h2,4-5,7-16,26-27,32H,3,6,17H2,1H3,(H,28,30,34). The first-order chi connectivity index (χ1) is 16.6. The van der Waals surface area contributed by atoms with Gasteiger partial charge in [0.15, 0.2) is 6.73 Å². The molecule has 0 unspecified atom stereocenters. The fourth-order valence-electron chi connectivity index (χ4n) is 3.48. The van der Waals surface area contributed by atoms with Gasteiger partial charge in [0.2, 0.25) is 4.77 Å². The Balaban J connectivity index is 1.34. The highest BCUT2D eigenvalue weighted by Gasteiger charge is 2.05. The Bertz CT molecular complexity index is 1310. The molecule has 0 amide bonds. The van der Waals surface area contributed by atoms with Gasteiger partial charge in [-0.3, -0.25) is 0 Å². The van der Waals surface area contributed by atoms with Crippen molar-refractivity contribution in [1.29, 1.82) is 0 Å². The van der Waals surface area contributed by atoms with E-state index in [-0.39, 0.29) is 5.75 Å². The lowest BCUT2D eigenvalue weighted by Gasteiger charge is -2.13. The molecule has 0 aliphatic rings. The van der Waals surface area contributed by atoms with Crippen LogP contribution in [0.3, 0.4) is 0 Å². The van der Waals surface area contributed by atoms with Gasteiger partial charge in [-0.1, -0.05) is 40.7 Å². The first-order valence-electron chi connectivity index (χ1n) is 10.9. The molecular weight excluding hydrogens is 448 g/mol. The lowest BCUT2D eigenvalue weighted by molar-refractivity contribution is 0.346. The second-order valence-corrected chi connectivity index (χ2v) is 7.90. The van der Waals surface area contributed by atoms with E-state index in [4.69, 9.17) is 17.0 Å². The van der Waals surface area contributed by atoms with E-state index in [1.54, 1.807) is 16.8 Å². The number of H-pyrrole nitrogens is 1. The van der Waals surface area contributed by atoms with Gasteiger partial charge >= 0.3 is 0 Å². The van der Waals surface area contributed by atoms with Crippen molar-refractivity contribution in [2.24, 2.45) is 0 Å². The van der Waals surface area contributed by atoms with Crippen LogP contribution in [-0.4, -0.2) is 39.1 Å². The van der Waals surface area contributed by atoms with Crippen LogP contribution in [0.5, 0.6) is 11.5 Å². The van der Waals surface area contributed by atoms with Gasteiger partial charge in [0.1, 0.15) is 11.5 Å². The van der Waals surface area contributed by atoms with E-state index in [1.165, 1.54) is 5.56 Å². The minimum atomic E-state index is 0.273. The summed E-state index contributed by atoms with van der Waals surface area (Å²) in [4.78, 5) is 0. The second kappa shape index (κ2) is 11.2. The molecule has 34 heavy (non-hydrogen) atoms. The fraction of sp³-hybridized carbons (Fsp3) is 0.160. The zero-order valence-electron chi connectivity index (χ0n) is 18.7. The average molecular weight is 475 g/mol. The minimum Gasteiger partial charge on any atom is -0.508 e. The largest absolute Gasteiger partial charge is 0.508 e. The summed E-state index contributed by atoms with van der Waals surface area (Å²) in [5, 5.41) is 26.2. The Morgan fingerprint density at radius 3 is 2.74 bits per heavy atom. The van der Waals surface area contributed by atoms with Gasteiger partial charge in [0, 0.05) is 18.4 Å². The molecule has 0 saturated heterocycles. The van der Waals surface area contributed by atoms with Crippen molar-refractivity contribution in [2.75, 3.05) is 24.4 Å². The zero-order chi connectivity index (χ0) is 23.8. The van der Waals surface area contributed by atoms with Gasteiger partial charge < -0.3 is 20.5 Å². The number of aryl methyl sites for hydroxylation is 1. The summed E-state index contributed by atoms with van der Waals surface area (Å²) in [6, 6.07) is 20.9. The van der Waals surface area contributed by atoms with E-state index in [9.17, 15) is 5.11 Å². The van der Waals surface area contributed by atoms with Crippen molar-refractivity contribution in [3.8, 4) is 17.2 Å². The molecule has 1 aromatic heterocycles. The third kappa shape index (κ3) is 6.02. The van der Waals surface area contributed by atoms with Crippen molar-refractivity contribution < 1.29 is 9.84 Å². The SMILES string of the molecule is CNc1ccc(OCNc2cccc(-n3[nH]nnc3=S)c2)cc1CCC=Cc1ccc(O)cc1. The Morgan fingerprint density at radius 1 is 1.12 bits per heavy atom. The van der Waals surface area contributed by atoms with E-state index < -0.39 is 0 Å². The fourth-order valence-corrected chi connectivity index (χ4v) is 3.66. The lowest BCUT2D eigenvalue weighted by atomic mass is 10.1. The van der Waals surface area contributed by atoms with Crippen LogP contribution in [0.1, 0.15) is 17.5 Å². The Labute approximate surface area is 202 Å².